The SMILES string of the molecule is CS(=O)(=O)CCC(NC(=O)Cc1csc(N)n1)C(=O)O. The number of anilines is 1. The highest BCUT2D eigenvalue weighted by Crippen LogP contribution is 2.11. The zero-order valence-corrected chi connectivity index (χ0v) is 12.3. The molecule has 1 unspecified atom stereocenters. The fourth-order valence-electron chi connectivity index (χ4n) is 1.40. The number of carboxylic acids is 1. The van der Waals surface area contributed by atoms with Crippen molar-refractivity contribution in [2.75, 3.05) is 17.7 Å². The molecule has 8 nitrogen and oxygen atoms in total. The minimum atomic E-state index is -3.29. The number of sulfone groups is 1. The quantitative estimate of drug-likeness (QED) is 0.601. The third-order valence-corrected chi connectivity index (χ3v) is 4.02. The third kappa shape index (κ3) is 5.97. The van der Waals surface area contributed by atoms with Crippen LogP contribution in [0.2, 0.25) is 0 Å². The van der Waals surface area contributed by atoms with Gasteiger partial charge in [-0.05, 0) is 6.42 Å². The number of nitrogens with two attached hydrogens (primary N) is 1. The summed E-state index contributed by atoms with van der Waals surface area (Å²) in [5.41, 5.74) is 5.86. The molecule has 0 aliphatic carbocycles. The van der Waals surface area contributed by atoms with Crippen molar-refractivity contribution in [1.29, 1.82) is 0 Å². The van der Waals surface area contributed by atoms with Gasteiger partial charge in [0.15, 0.2) is 5.13 Å². The molecule has 0 bridgehead atoms. The van der Waals surface area contributed by atoms with E-state index < -0.39 is 27.8 Å². The Hall–Kier alpha value is -1.68. The summed E-state index contributed by atoms with van der Waals surface area (Å²) in [6, 6.07) is -1.24. The Labute approximate surface area is 119 Å². The fourth-order valence-corrected chi connectivity index (χ4v) is 2.63. The van der Waals surface area contributed by atoms with Gasteiger partial charge >= 0.3 is 5.97 Å². The summed E-state index contributed by atoms with van der Waals surface area (Å²) in [5.74, 6) is -2.13. The van der Waals surface area contributed by atoms with Crippen LogP contribution in [0, 0.1) is 0 Å². The van der Waals surface area contributed by atoms with Gasteiger partial charge < -0.3 is 16.2 Å². The van der Waals surface area contributed by atoms with Crippen molar-refractivity contribution in [3.63, 3.8) is 0 Å². The van der Waals surface area contributed by atoms with Gasteiger partial charge in [0, 0.05) is 11.6 Å². The molecule has 0 aliphatic heterocycles. The molecule has 0 radical (unpaired) electrons. The van der Waals surface area contributed by atoms with E-state index in [9.17, 15) is 18.0 Å². The van der Waals surface area contributed by atoms with E-state index in [1.807, 2.05) is 0 Å². The second-order valence-corrected chi connectivity index (χ2v) is 7.38. The summed E-state index contributed by atoms with van der Waals surface area (Å²) >= 11 is 1.18. The Kier molecular flexibility index (Phi) is 5.45. The number of carbonyl (C=O) groups excluding carboxylic acids is 1. The van der Waals surface area contributed by atoms with Crippen molar-refractivity contribution in [2.24, 2.45) is 0 Å². The Morgan fingerprint density at radius 2 is 2.20 bits per heavy atom. The van der Waals surface area contributed by atoms with Crippen LogP contribution in [-0.2, 0) is 25.8 Å². The van der Waals surface area contributed by atoms with Gasteiger partial charge in [-0.3, -0.25) is 4.79 Å². The van der Waals surface area contributed by atoms with E-state index in [-0.39, 0.29) is 18.6 Å². The van der Waals surface area contributed by atoms with Gasteiger partial charge in [0.2, 0.25) is 5.91 Å². The standard InChI is InChI=1S/C10H15N3O5S2/c1-20(17,18)3-2-7(9(15)16)13-8(14)4-6-5-19-10(11)12-6/h5,7H,2-4H2,1H3,(H2,11,12)(H,13,14)(H,15,16). The van der Waals surface area contributed by atoms with Crippen LogP contribution in [0.4, 0.5) is 5.13 Å². The average Bonchev–Trinajstić information content (AvgIpc) is 2.68. The molecule has 1 aromatic heterocycles. The number of rotatable bonds is 7. The second-order valence-electron chi connectivity index (χ2n) is 4.23. The number of aromatic nitrogens is 1. The van der Waals surface area contributed by atoms with Gasteiger partial charge in [-0.25, -0.2) is 18.2 Å². The molecule has 1 heterocycles. The number of amides is 1. The Bertz CT molecular complexity index is 596. The van der Waals surface area contributed by atoms with E-state index >= 15 is 0 Å². The molecule has 0 spiro atoms. The predicted molar refractivity (Wildman–Crippen MR) is 74.1 cm³/mol. The molecule has 0 aliphatic rings. The van der Waals surface area contributed by atoms with Gasteiger partial charge in [-0.2, -0.15) is 0 Å². The molecule has 0 saturated carbocycles. The summed E-state index contributed by atoms with van der Waals surface area (Å²) in [7, 11) is -3.29. The first-order valence-corrected chi connectivity index (χ1v) is 8.51. The lowest BCUT2D eigenvalue weighted by Gasteiger charge is -2.13. The Morgan fingerprint density at radius 3 is 2.65 bits per heavy atom. The number of hydrogen-bond donors (Lipinski definition) is 3. The molecule has 0 aromatic carbocycles. The number of nitrogens with zero attached hydrogens (tertiary/aromatic N) is 1. The molecule has 0 fully saturated rings. The van der Waals surface area contributed by atoms with E-state index in [0.29, 0.717) is 10.8 Å². The lowest BCUT2D eigenvalue weighted by molar-refractivity contribution is -0.141. The van der Waals surface area contributed by atoms with Crippen LogP contribution in [0.3, 0.4) is 0 Å². The van der Waals surface area contributed by atoms with Crippen molar-refractivity contribution < 1.29 is 23.1 Å². The van der Waals surface area contributed by atoms with Crippen molar-refractivity contribution in [2.45, 2.75) is 18.9 Å². The maximum atomic E-state index is 11.7. The van der Waals surface area contributed by atoms with Crippen molar-refractivity contribution >= 4 is 38.2 Å². The normalized spacial score (nSPS) is 12.8. The largest absolute Gasteiger partial charge is 0.480 e. The lowest BCUT2D eigenvalue weighted by atomic mass is 10.2. The number of hydrogen-bond acceptors (Lipinski definition) is 7. The van der Waals surface area contributed by atoms with Gasteiger partial charge in [0.1, 0.15) is 15.9 Å². The molecule has 1 rings (SSSR count). The first-order chi connectivity index (χ1) is 9.17. The number of aliphatic carboxylic acids is 1. The highest BCUT2D eigenvalue weighted by molar-refractivity contribution is 7.90. The predicted octanol–water partition coefficient (Wildman–Crippen LogP) is -0.728. The van der Waals surface area contributed by atoms with Gasteiger partial charge in [-0.15, -0.1) is 11.3 Å². The van der Waals surface area contributed by atoms with Gasteiger partial charge in [-0.1, -0.05) is 0 Å². The fraction of sp³-hybridized carbons (Fsp3) is 0.500. The zero-order chi connectivity index (χ0) is 15.3. The van der Waals surface area contributed by atoms with Crippen LogP contribution in [0.5, 0.6) is 0 Å². The summed E-state index contributed by atoms with van der Waals surface area (Å²) < 4.78 is 22.0. The lowest BCUT2D eigenvalue weighted by Crippen LogP contribution is -2.42. The van der Waals surface area contributed by atoms with Crippen molar-refractivity contribution in [3.8, 4) is 0 Å². The topological polar surface area (TPSA) is 139 Å². The molecule has 1 aromatic rings. The summed E-state index contributed by atoms with van der Waals surface area (Å²) in [6.45, 7) is 0. The van der Waals surface area contributed by atoms with Crippen molar-refractivity contribution in [1.82, 2.24) is 10.3 Å². The van der Waals surface area contributed by atoms with Gasteiger partial charge in [0.05, 0.1) is 17.9 Å². The van der Waals surface area contributed by atoms with Crippen LogP contribution in [-0.4, -0.2) is 48.4 Å². The zero-order valence-electron chi connectivity index (χ0n) is 10.7. The summed E-state index contributed by atoms with van der Waals surface area (Å²) in [5, 5.41) is 13.1. The van der Waals surface area contributed by atoms with E-state index in [1.165, 1.54) is 11.3 Å². The average molecular weight is 321 g/mol. The van der Waals surface area contributed by atoms with E-state index in [4.69, 9.17) is 10.8 Å². The summed E-state index contributed by atoms with van der Waals surface area (Å²) in [6.07, 6.45) is 0.723. The molecule has 1 amide bonds. The number of nitrogen functional groups attached to an aromatic ring is 1. The minimum absolute atomic E-state index is 0.101. The third-order valence-electron chi connectivity index (χ3n) is 2.32. The molecule has 4 N–H and O–H groups in total. The first kappa shape index (κ1) is 16.4. The smallest absolute Gasteiger partial charge is 0.326 e. The summed E-state index contributed by atoms with van der Waals surface area (Å²) in [4.78, 5) is 26.5. The second kappa shape index (κ2) is 6.66. The maximum absolute atomic E-state index is 11.7. The monoisotopic (exact) mass is 321 g/mol. The number of carboxylic acid groups (broad SMARTS) is 1. The molecule has 0 saturated heterocycles. The highest BCUT2D eigenvalue weighted by Gasteiger charge is 2.22. The van der Waals surface area contributed by atoms with Crippen LogP contribution in [0.1, 0.15) is 12.1 Å². The van der Waals surface area contributed by atoms with E-state index in [2.05, 4.69) is 10.3 Å². The number of thiazole rings is 1. The molecule has 10 heteroatoms. The van der Waals surface area contributed by atoms with E-state index in [1.54, 1.807) is 5.38 Å². The maximum Gasteiger partial charge on any atom is 0.326 e. The molecule has 112 valence electrons. The van der Waals surface area contributed by atoms with Crippen LogP contribution in [0.25, 0.3) is 0 Å². The van der Waals surface area contributed by atoms with Crippen LogP contribution in [0.15, 0.2) is 5.38 Å². The molecular formula is C10H15N3O5S2. The number of nitrogens with one attached hydrogen (secondary N) is 1. The molecule has 20 heavy (non-hydrogen) atoms. The van der Waals surface area contributed by atoms with Crippen LogP contribution < -0.4 is 11.1 Å². The number of carbonyl (C=O) groups is 2. The highest BCUT2D eigenvalue weighted by atomic mass is 32.2. The first-order valence-electron chi connectivity index (χ1n) is 5.57. The minimum Gasteiger partial charge on any atom is -0.480 e. The Balaban J connectivity index is 2.57. The molecular weight excluding hydrogens is 306 g/mol. The van der Waals surface area contributed by atoms with Crippen molar-refractivity contribution in [3.05, 3.63) is 11.1 Å². The van der Waals surface area contributed by atoms with E-state index in [0.717, 1.165) is 6.26 Å². The van der Waals surface area contributed by atoms with Gasteiger partial charge in [0.25, 0.3) is 0 Å². The van der Waals surface area contributed by atoms with Crippen LogP contribution >= 0.6 is 11.3 Å². The molecule has 1 atom stereocenters. The Morgan fingerprint density at radius 1 is 1.55 bits per heavy atom.